The third-order valence-corrected chi connectivity index (χ3v) is 9.60. The Balaban J connectivity index is 1.41. The number of hydrogen-bond donors (Lipinski definition) is 1. The fraction of sp³-hybridized carbons (Fsp3) is 0.500. The maximum Gasteiger partial charge on any atom is 0.252 e. The van der Waals surface area contributed by atoms with E-state index in [2.05, 4.69) is 16.3 Å². The molecule has 4 rings (SSSR count). The lowest BCUT2D eigenvalue weighted by Crippen LogP contribution is -2.46. The number of carbonyl (C=O) groups excluding carboxylic acids is 1. The van der Waals surface area contributed by atoms with Crippen molar-refractivity contribution in [3.05, 3.63) is 52.4 Å². The highest BCUT2D eigenvalue weighted by molar-refractivity contribution is 7.91. The van der Waals surface area contributed by atoms with Gasteiger partial charge in [0.2, 0.25) is 5.91 Å². The van der Waals surface area contributed by atoms with Gasteiger partial charge in [0, 0.05) is 24.7 Å². The van der Waals surface area contributed by atoms with Crippen LogP contribution in [-0.4, -0.2) is 56.3 Å². The smallest absolute Gasteiger partial charge is 0.252 e. The van der Waals surface area contributed by atoms with E-state index in [1.54, 1.807) is 17.5 Å². The quantitative estimate of drug-likeness (QED) is 0.653. The van der Waals surface area contributed by atoms with Gasteiger partial charge >= 0.3 is 0 Å². The second-order valence-electron chi connectivity index (χ2n) is 8.19. The van der Waals surface area contributed by atoms with E-state index in [0.717, 1.165) is 31.5 Å². The summed E-state index contributed by atoms with van der Waals surface area (Å²) in [4.78, 5) is 15.4. The van der Waals surface area contributed by atoms with E-state index in [9.17, 15) is 13.2 Å². The molecular formula is C22H28ClN3O3S2. The Labute approximate surface area is 193 Å². The van der Waals surface area contributed by atoms with E-state index >= 15 is 0 Å². The number of carbonyl (C=O) groups is 1. The fourth-order valence-corrected chi connectivity index (χ4v) is 7.35. The van der Waals surface area contributed by atoms with E-state index in [1.807, 2.05) is 18.2 Å². The summed E-state index contributed by atoms with van der Waals surface area (Å²) >= 11 is 7.43. The van der Waals surface area contributed by atoms with Crippen LogP contribution in [0.15, 0.2) is 46.0 Å². The number of nitrogens with one attached hydrogen (secondary N) is 1. The lowest BCUT2D eigenvalue weighted by molar-refractivity contribution is -0.126. The average molecular weight is 482 g/mol. The highest BCUT2D eigenvalue weighted by atomic mass is 35.5. The molecule has 1 amide bonds. The number of amides is 1. The lowest BCUT2D eigenvalue weighted by atomic mass is 9.98. The molecule has 1 N–H and O–H groups in total. The topological polar surface area (TPSA) is 69.7 Å². The molecule has 1 aromatic carbocycles. The number of rotatable bonds is 7. The Kier molecular flexibility index (Phi) is 7.33. The number of nitrogens with zero attached hydrogens (tertiary/aromatic N) is 2. The molecule has 6 nitrogen and oxygen atoms in total. The first-order valence-electron chi connectivity index (χ1n) is 10.8. The first-order chi connectivity index (χ1) is 14.9. The molecule has 2 unspecified atom stereocenters. The summed E-state index contributed by atoms with van der Waals surface area (Å²) in [6.45, 7) is 3.19. The molecule has 1 aromatic heterocycles. The summed E-state index contributed by atoms with van der Waals surface area (Å²) in [7, 11) is -3.53. The van der Waals surface area contributed by atoms with Crippen molar-refractivity contribution < 1.29 is 13.2 Å². The molecule has 168 valence electrons. The summed E-state index contributed by atoms with van der Waals surface area (Å²) in [5, 5.41) is 5.56. The Hall–Kier alpha value is -1.45. The van der Waals surface area contributed by atoms with Gasteiger partial charge in [0.1, 0.15) is 4.21 Å². The minimum Gasteiger partial charge on any atom is -0.354 e. The molecule has 2 aliphatic rings. The summed E-state index contributed by atoms with van der Waals surface area (Å²) < 4.78 is 27.5. The van der Waals surface area contributed by atoms with Gasteiger partial charge in [-0.1, -0.05) is 29.8 Å². The summed E-state index contributed by atoms with van der Waals surface area (Å²) in [6, 6.07) is 11.2. The zero-order valence-corrected chi connectivity index (χ0v) is 19.8. The molecular weight excluding hydrogens is 454 g/mol. The van der Waals surface area contributed by atoms with Crippen LogP contribution in [0.3, 0.4) is 0 Å². The highest BCUT2D eigenvalue weighted by Gasteiger charge is 2.34. The largest absolute Gasteiger partial charge is 0.354 e. The van der Waals surface area contributed by atoms with Crippen molar-refractivity contribution in [2.45, 2.75) is 35.9 Å². The van der Waals surface area contributed by atoms with Gasteiger partial charge in [0.25, 0.3) is 10.0 Å². The van der Waals surface area contributed by atoms with E-state index in [4.69, 9.17) is 11.6 Å². The third-order valence-electron chi connectivity index (χ3n) is 6.13. The second-order valence-corrected chi connectivity index (χ2v) is 11.7. The van der Waals surface area contributed by atoms with Gasteiger partial charge in [-0.2, -0.15) is 4.31 Å². The fourth-order valence-electron chi connectivity index (χ4n) is 4.48. The van der Waals surface area contributed by atoms with Crippen LogP contribution >= 0.6 is 22.9 Å². The molecule has 0 bridgehead atoms. The number of halogens is 1. The Bertz CT molecular complexity index is 991. The second kappa shape index (κ2) is 10.0. The van der Waals surface area contributed by atoms with E-state index in [0.29, 0.717) is 35.2 Å². The molecule has 31 heavy (non-hydrogen) atoms. The van der Waals surface area contributed by atoms with Crippen molar-refractivity contribution >= 4 is 38.9 Å². The standard InChI is InChI=1S/C22H28ClN3O3S2/c23-19-8-3-6-17(14-19)20(25-10-1-2-11-25)15-24-22(27)18-7-4-12-26(16-18)31(28,29)21-9-5-13-30-21/h3,5-6,8-9,13-14,18,20H,1-2,4,7,10-12,15-16H2,(H,24,27). The number of sulfonamides is 1. The number of hydrogen-bond acceptors (Lipinski definition) is 5. The summed E-state index contributed by atoms with van der Waals surface area (Å²) in [5.41, 5.74) is 1.10. The minimum atomic E-state index is -3.53. The molecule has 3 heterocycles. The maximum atomic E-state index is 13.0. The van der Waals surface area contributed by atoms with Crippen LogP contribution < -0.4 is 5.32 Å². The molecule has 2 atom stereocenters. The van der Waals surface area contributed by atoms with Crippen molar-refractivity contribution in [3.8, 4) is 0 Å². The van der Waals surface area contributed by atoms with Gasteiger partial charge in [0.15, 0.2) is 0 Å². The number of thiophene rings is 1. The van der Waals surface area contributed by atoms with E-state index in [-0.39, 0.29) is 24.4 Å². The van der Waals surface area contributed by atoms with Crippen LogP contribution in [0.25, 0.3) is 0 Å². The van der Waals surface area contributed by atoms with Crippen LogP contribution in [0, 0.1) is 5.92 Å². The van der Waals surface area contributed by atoms with Crippen molar-refractivity contribution in [3.63, 3.8) is 0 Å². The maximum absolute atomic E-state index is 13.0. The van der Waals surface area contributed by atoms with Crippen LogP contribution in [0.2, 0.25) is 5.02 Å². The van der Waals surface area contributed by atoms with Crippen molar-refractivity contribution in [2.24, 2.45) is 5.92 Å². The molecule has 0 radical (unpaired) electrons. The zero-order chi connectivity index (χ0) is 21.8. The van der Waals surface area contributed by atoms with Crippen LogP contribution in [0.1, 0.15) is 37.3 Å². The first kappa shape index (κ1) is 22.7. The normalized spacial score (nSPS) is 21.8. The van der Waals surface area contributed by atoms with E-state index in [1.165, 1.54) is 15.6 Å². The number of benzene rings is 1. The molecule has 2 saturated heterocycles. The summed E-state index contributed by atoms with van der Waals surface area (Å²) in [5.74, 6) is -0.403. The van der Waals surface area contributed by atoms with Gasteiger partial charge in [-0.25, -0.2) is 8.42 Å². The SMILES string of the molecule is O=C(NCC(c1cccc(Cl)c1)N1CCCC1)C1CCCN(S(=O)(=O)c2cccs2)C1. The lowest BCUT2D eigenvalue weighted by Gasteiger charge is -2.32. The number of piperidine rings is 1. The van der Waals surface area contributed by atoms with Gasteiger partial charge < -0.3 is 5.32 Å². The minimum absolute atomic E-state index is 0.0692. The van der Waals surface area contributed by atoms with Crippen LogP contribution in [0.5, 0.6) is 0 Å². The monoisotopic (exact) mass is 481 g/mol. The van der Waals surface area contributed by atoms with Crippen LogP contribution in [-0.2, 0) is 14.8 Å². The van der Waals surface area contributed by atoms with E-state index < -0.39 is 10.0 Å². The molecule has 9 heteroatoms. The predicted molar refractivity (Wildman–Crippen MR) is 124 cm³/mol. The van der Waals surface area contributed by atoms with Gasteiger partial charge in [-0.3, -0.25) is 9.69 Å². The van der Waals surface area contributed by atoms with Gasteiger partial charge in [-0.15, -0.1) is 11.3 Å². The van der Waals surface area contributed by atoms with Crippen LogP contribution in [0.4, 0.5) is 0 Å². The molecule has 0 saturated carbocycles. The highest BCUT2D eigenvalue weighted by Crippen LogP contribution is 2.28. The summed E-state index contributed by atoms with van der Waals surface area (Å²) in [6.07, 6.45) is 3.70. The van der Waals surface area contributed by atoms with Crippen molar-refractivity contribution in [1.82, 2.24) is 14.5 Å². The third kappa shape index (κ3) is 5.31. The Morgan fingerprint density at radius 3 is 2.68 bits per heavy atom. The first-order valence-corrected chi connectivity index (χ1v) is 13.5. The van der Waals surface area contributed by atoms with Crippen molar-refractivity contribution in [2.75, 3.05) is 32.7 Å². The molecule has 0 spiro atoms. The molecule has 2 aromatic rings. The number of likely N-dealkylation sites (tertiary alicyclic amines) is 1. The average Bonchev–Trinajstić information content (AvgIpc) is 3.49. The van der Waals surface area contributed by atoms with Gasteiger partial charge in [0.05, 0.1) is 12.0 Å². The molecule has 0 aliphatic carbocycles. The zero-order valence-electron chi connectivity index (χ0n) is 17.4. The van der Waals surface area contributed by atoms with Crippen molar-refractivity contribution in [1.29, 1.82) is 0 Å². The molecule has 2 aliphatic heterocycles. The Morgan fingerprint density at radius 1 is 1.16 bits per heavy atom. The molecule has 2 fully saturated rings. The Morgan fingerprint density at radius 2 is 1.97 bits per heavy atom. The predicted octanol–water partition coefficient (Wildman–Crippen LogP) is 3.76. The van der Waals surface area contributed by atoms with Gasteiger partial charge in [-0.05, 0) is 67.9 Å².